The molecule has 0 unspecified atom stereocenters. The Morgan fingerprint density at radius 2 is 2.19 bits per heavy atom. The Labute approximate surface area is 130 Å². The van der Waals surface area contributed by atoms with E-state index in [1.807, 2.05) is 13.8 Å². The average molecular weight is 313 g/mol. The monoisotopic (exact) mass is 312 g/mol. The van der Waals surface area contributed by atoms with E-state index in [0.717, 1.165) is 18.8 Å². The summed E-state index contributed by atoms with van der Waals surface area (Å²) in [7, 11) is 0. The van der Waals surface area contributed by atoms with Crippen LogP contribution < -0.4 is 4.90 Å². The molecule has 1 aliphatic rings. The standard InChI is InChI=1S/C14H21ClN4O2/c1-11(2)9-21-14(20)19-5-3-4-18(6-7-19)13-12(15)8-16-10-17-13/h8,10-11H,3-7,9H2,1-2H3. The molecule has 2 heterocycles. The first kappa shape index (κ1) is 15.8. The van der Waals surface area contributed by atoms with Crippen LogP contribution in [0.5, 0.6) is 0 Å². The maximum absolute atomic E-state index is 12.0. The molecule has 1 fully saturated rings. The van der Waals surface area contributed by atoms with Crippen molar-refractivity contribution in [2.24, 2.45) is 5.92 Å². The summed E-state index contributed by atoms with van der Waals surface area (Å²) in [6.45, 7) is 7.30. The Kier molecular flexibility index (Phi) is 5.61. The number of aromatic nitrogens is 2. The molecular formula is C14H21ClN4O2. The quantitative estimate of drug-likeness (QED) is 0.858. The molecule has 1 amide bonds. The fourth-order valence-corrected chi connectivity index (χ4v) is 2.40. The molecule has 0 saturated carbocycles. The number of amides is 1. The van der Waals surface area contributed by atoms with E-state index < -0.39 is 0 Å². The van der Waals surface area contributed by atoms with Crippen molar-refractivity contribution in [3.05, 3.63) is 17.5 Å². The molecule has 7 heteroatoms. The Bertz CT molecular complexity index is 484. The van der Waals surface area contributed by atoms with Crippen LogP contribution in [0.25, 0.3) is 0 Å². The van der Waals surface area contributed by atoms with Gasteiger partial charge in [-0.25, -0.2) is 14.8 Å². The van der Waals surface area contributed by atoms with Gasteiger partial charge in [-0.05, 0) is 12.3 Å². The highest BCUT2D eigenvalue weighted by Crippen LogP contribution is 2.22. The van der Waals surface area contributed by atoms with Crippen molar-refractivity contribution in [1.82, 2.24) is 14.9 Å². The van der Waals surface area contributed by atoms with E-state index in [2.05, 4.69) is 14.9 Å². The van der Waals surface area contributed by atoms with Gasteiger partial charge in [0.2, 0.25) is 0 Å². The topological polar surface area (TPSA) is 58.6 Å². The molecule has 0 aliphatic carbocycles. The fourth-order valence-electron chi connectivity index (χ4n) is 2.18. The molecule has 2 rings (SSSR count). The average Bonchev–Trinajstić information content (AvgIpc) is 2.71. The van der Waals surface area contributed by atoms with Crippen molar-refractivity contribution in [2.45, 2.75) is 20.3 Å². The predicted octanol–water partition coefficient (Wildman–Crippen LogP) is 2.43. The number of carbonyl (C=O) groups is 1. The van der Waals surface area contributed by atoms with Gasteiger partial charge in [0.05, 0.1) is 12.8 Å². The van der Waals surface area contributed by atoms with Crippen molar-refractivity contribution in [1.29, 1.82) is 0 Å². The molecule has 0 aromatic carbocycles. The van der Waals surface area contributed by atoms with Crippen LogP contribution in [0, 0.1) is 5.92 Å². The van der Waals surface area contributed by atoms with Crippen molar-refractivity contribution >= 4 is 23.5 Å². The van der Waals surface area contributed by atoms with Gasteiger partial charge in [-0.2, -0.15) is 0 Å². The summed E-state index contributed by atoms with van der Waals surface area (Å²) in [5.74, 6) is 1.07. The van der Waals surface area contributed by atoms with Gasteiger partial charge in [-0.15, -0.1) is 0 Å². The minimum atomic E-state index is -0.237. The lowest BCUT2D eigenvalue weighted by Crippen LogP contribution is -2.36. The summed E-state index contributed by atoms with van der Waals surface area (Å²) in [6, 6.07) is 0. The van der Waals surface area contributed by atoms with Gasteiger partial charge in [0.25, 0.3) is 0 Å². The predicted molar refractivity (Wildman–Crippen MR) is 81.6 cm³/mol. The first-order valence-corrected chi connectivity index (χ1v) is 7.58. The maximum atomic E-state index is 12.0. The number of rotatable bonds is 3. The van der Waals surface area contributed by atoms with E-state index in [1.54, 1.807) is 11.1 Å². The zero-order chi connectivity index (χ0) is 15.2. The van der Waals surface area contributed by atoms with Gasteiger partial charge < -0.3 is 14.5 Å². The van der Waals surface area contributed by atoms with Crippen LogP contribution in [-0.2, 0) is 4.74 Å². The Balaban J connectivity index is 1.93. The SMILES string of the molecule is CC(C)COC(=O)N1CCCN(c2ncncc2Cl)CC1. The summed E-state index contributed by atoms with van der Waals surface area (Å²) in [5, 5.41) is 0.535. The molecule has 1 aromatic heterocycles. The number of nitrogens with zero attached hydrogens (tertiary/aromatic N) is 4. The minimum Gasteiger partial charge on any atom is -0.449 e. The summed E-state index contributed by atoms with van der Waals surface area (Å²) in [6.07, 6.45) is 3.70. The molecule has 1 saturated heterocycles. The molecule has 0 radical (unpaired) electrons. The molecule has 21 heavy (non-hydrogen) atoms. The highest BCUT2D eigenvalue weighted by atomic mass is 35.5. The Morgan fingerprint density at radius 1 is 1.38 bits per heavy atom. The zero-order valence-corrected chi connectivity index (χ0v) is 13.2. The van der Waals surface area contributed by atoms with Crippen molar-refractivity contribution in [3.63, 3.8) is 0 Å². The number of halogens is 1. The smallest absolute Gasteiger partial charge is 0.409 e. The van der Waals surface area contributed by atoms with Crippen LogP contribution in [0.2, 0.25) is 5.02 Å². The molecule has 1 aliphatic heterocycles. The van der Waals surface area contributed by atoms with E-state index in [-0.39, 0.29) is 6.09 Å². The molecule has 0 atom stereocenters. The maximum Gasteiger partial charge on any atom is 0.409 e. The van der Waals surface area contributed by atoms with Gasteiger partial charge in [-0.1, -0.05) is 25.4 Å². The first-order valence-electron chi connectivity index (χ1n) is 7.20. The van der Waals surface area contributed by atoms with E-state index >= 15 is 0 Å². The molecule has 0 N–H and O–H groups in total. The lowest BCUT2D eigenvalue weighted by atomic mass is 10.2. The third kappa shape index (κ3) is 4.46. The lowest BCUT2D eigenvalue weighted by Gasteiger charge is -2.23. The second kappa shape index (κ2) is 7.45. The van der Waals surface area contributed by atoms with Crippen molar-refractivity contribution in [2.75, 3.05) is 37.7 Å². The second-order valence-corrected chi connectivity index (χ2v) is 5.90. The van der Waals surface area contributed by atoms with Crippen LogP contribution in [0.3, 0.4) is 0 Å². The van der Waals surface area contributed by atoms with Crippen LogP contribution in [0.1, 0.15) is 20.3 Å². The van der Waals surface area contributed by atoms with Gasteiger partial charge in [0, 0.05) is 26.2 Å². The van der Waals surface area contributed by atoms with E-state index in [4.69, 9.17) is 16.3 Å². The summed E-state index contributed by atoms with van der Waals surface area (Å²) in [4.78, 5) is 23.9. The van der Waals surface area contributed by atoms with E-state index in [0.29, 0.717) is 37.2 Å². The zero-order valence-electron chi connectivity index (χ0n) is 12.5. The van der Waals surface area contributed by atoms with Crippen LogP contribution in [0.15, 0.2) is 12.5 Å². The van der Waals surface area contributed by atoms with Gasteiger partial charge in [0.1, 0.15) is 11.3 Å². The Hall–Kier alpha value is -1.56. The van der Waals surface area contributed by atoms with Crippen molar-refractivity contribution < 1.29 is 9.53 Å². The first-order chi connectivity index (χ1) is 10.1. The largest absolute Gasteiger partial charge is 0.449 e. The lowest BCUT2D eigenvalue weighted by molar-refractivity contribution is 0.0943. The van der Waals surface area contributed by atoms with Crippen LogP contribution in [-0.4, -0.2) is 53.7 Å². The third-order valence-corrected chi connectivity index (χ3v) is 3.51. The van der Waals surface area contributed by atoms with Gasteiger partial charge in [-0.3, -0.25) is 0 Å². The van der Waals surface area contributed by atoms with Crippen molar-refractivity contribution in [3.8, 4) is 0 Å². The molecule has 0 spiro atoms. The number of hydrogen-bond acceptors (Lipinski definition) is 5. The second-order valence-electron chi connectivity index (χ2n) is 5.49. The van der Waals surface area contributed by atoms with E-state index in [9.17, 15) is 4.79 Å². The summed E-state index contributed by atoms with van der Waals surface area (Å²) in [5.41, 5.74) is 0. The van der Waals surface area contributed by atoms with E-state index in [1.165, 1.54) is 6.33 Å². The Morgan fingerprint density at radius 3 is 2.90 bits per heavy atom. The number of hydrogen-bond donors (Lipinski definition) is 0. The number of carbonyl (C=O) groups excluding carboxylic acids is 1. The molecular weight excluding hydrogens is 292 g/mol. The molecule has 116 valence electrons. The minimum absolute atomic E-state index is 0.237. The highest BCUT2D eigenvalue weighted by molar-refractivity contribution is 6.32. The number of ether oxygens (including phenoxy) is 1. The summed E-state index contributed by atoms with van der Waals surface area (Å²) < 4.78 is 5.28. The third-order valence-electron chi connectivity index (χ3n) is 3.24. The summed E-state index contributed by atoms with van der Waals surface area (Å²) >= 11 is 6.12. The molecule has 0 bridgehead atoms. The van der Waals surface area contributed by atoms with Gasteiger partial charge in [0.15, 0.2) is 5.82 Å². The normalized spacial score (nSPS) is 16.0. The molecule has 6 nitrogen and oxygen atoms in total. The van der Waals surface area contributed by atoms with Crippen LogP contribution in [0.4, 0.5) is 10.6 Å². The highest BCUT2D eigenvalue weighted by Gasteiger charge is 2.22. The molecule has 1 aromatic rings. The number of anilines is 1. The van der Waals surface area contributed by atoms with Gasteiger partial charge >= 0.3 is 6.09 Å². The van der Waals surface area contributed by atoms with Crippen LogP contribution >= 0.6 is 11.6 Å². The fraction of sp³-hybridized carbons (Fsp3) is 0.643.